The van der Waals surface area contributed by atoms with Crippen molar-refractivity contribution in [2.24, 2.45) is 0 Å². The molecular weight excluding hydrogens is 236 g/mol. The number of methoxy groups -OCH3 is 1. The Labute approximate surface area is 107 Å². The summed E-state index contributed by atoms with van der Waals surface area (Å²) in [5.74, 6) is -0.992. The van der Waals surface area contributed by atoms with Crippen LogP contribution in [0.25, 0.3) is 0 Å². The molecule has 0 spiro atoms. The van der Waals surface area contributed by atoms with Crippen LogP contribution in [0.5, 0.6) is 0 Å². The van der Waals surface area contributed by atoms with E-state index in [0.29, 0.717) is 12.8 Å². The fourth-order valence-electron chi connectivity index (χ4n) is 2.22. The normalized spacial score (nSPS) is 24.6. The molecule has 0 radical (unpaired) electrons. The maximum atomic E-state index is 11.7. The average molecular weight is 258 g/mol. The van der Waals surface area contributed by atoms with Gasteiger partial charge >= 0.3 is 12.0 Å². The largest absolute Gasteiger partial charge is 0.480 e. The Balaban J connectivity index is 2.34. The summed E-state index contributed by atoms with van der Waals surface area (Å²) in [4.78, 5) is 22.6. The number of urea groups is 1. The summed E-state index contributed by atoms with van der Waals surface area (Å²) in [6, 6.07) is -1.14. The lowest BCUT2D eigenvalue weighted by molar-refractivity contribution is -0.139. The van der Waals surface area contributed by atoms with E-state index in [2.05, 4.69) is 10.6 Å². The molecule has 2 amide bonds. The third kappa shape index (κ3) is 4.52. The van der Waals surface area contributed by atoms with Crippen LogP contribution in [0, 0.1) is 0 Å². The number of hydrogen-bond donors (Lipinski definition) is 3. The van der Waals surface area contributed by atoms with Crippen molar-refractivity contribution in [1.29, 1.82) is 0 Å². The summed E-state index contributed by atoms with van der Waals surface area (Å²) in [5.41, 5.74) is 0. The van der Waals surface area contributed by atoms with Crippen LogP contribution >= 0.6 is 0 Å². The number of carbonyl (C=O) groups excluding carboxylic acids is 1. The van der Waals surface area contributed by atoms with Gasteiger partial charge in [0.2, 0.25) is 0 Å². The monoisotopic (exact) mass is 258 g/mol. The highest BCUT2D eigenvalue weighted by Crippen LogP contribution is 2.21. The molecule has 104 valence electrons. The summed E-state index contributed by atoms with van der Waals surface area (Å²) in [7, 11) is 1.66. The van der Waals surface area contributed by atoms with Crippen molar-refractivity contribution in [1.82, 2.24) is 10.6 Å². The quantitative estimate of drug-likeness (QED) is 0.666. The number of nitrogens with one attached hydrogen (secondary N) is 2. The molecule has 0 aromatic carbocycles. The minimum atomic E-state index is -0.992. The zero-order valence-electron chi connectivity index (χ0n) is 10.9. The van der Waals surface area contributed by atoms with Crippen LogP contribution in [0.3, 0.4) is 0 Å². The van der Waals surface area contributed by atoms with Gasteiger partial charge < -0.3 is 20.5 Å². The molecule has 0 aliphatic heterocycles. The first-order valence-corrected chi connectivity index (χ1v) is 6.39. The van der Waals surface area contributed by atoms with E-state index >= 15 is 0 Å². The van der Waals surface area contributed by atoms with Gasteiger partial charge in [-0.25, -0.2) is 9.59 Å². The van der Waals surface area contributed by atoms with Gasteiger partial charge in [-0.05, 0) is 25.7 Å². The fraction of sp³-hybridized carbons (Fsp3) is 0.833. The molecule has 6 nitrogen and oxygen atoms in total. The van der Waals surface area contributed by atoms with Crippen LogP contribution in [0.1, 0.15) is 39.0 Å². The third-order valence-corrected chi connectivity index (χ3v) is 3.23. The Hall–Kier alpha value is -1.30. The van der Waals surface area contributed by atoms with Crippen molar-refractivity contribution in [3.63, 3.8) is 0 Å². The molecule has 18 heavy (non-hydrogen) atoms. The van der Waals surface area contributed by atoms with E-state index in [1.165, 1.54) is 0 Å². The average Bonchev–Trinajstić information content (AvgIpc) is 2.76. The Morgan fingerprint density at radius 2 is 2.17 bits per heavy atom. The van der Waals surface area contributed by atoms with Crippen molar-refractivity contribution in [3.8, 4) is 0 Å². The standard InChI is InChI=1S/C12H22N2O4/c1-3-4-10(11(15)16)14-12(17)13-8-5-6-9(7-8)18-2/h8-10H,3-7H2,1-2H3,(H,15,16)(H2,13,14,17). The molecule has 0 aromatic heterocycles. The number of carboxylic acids is 1. The van der Waals surface area contributed by atoms with Crippen LogP contribution in [0.2, 0.25) is 0 Å². The zero-order valence-corrected chi connectivity index (χ0v) is 10.9. The second-order valence-corrected chi connectivity index (χ2v) is 4.66. The summed E-state index contributed by atoms with van der Waals surface area (Å²) >= 11 is 0. The first-order chi connectivity index (χ1) is 8.56. The predicted octanol–water partition coefficient (Wildman–Crippen LogP) is 1.11. The minimum Gasteiger partial charge on any atom is -0.480 e. The maximum absolute atomic E-state index is 11.7. The van der Waals surface area contributed by atoms with Gasteiger partial charge in [0.1, 0.15) is 6.04 Å². The molecular formula is C12H22N2O4. The molecule has 1 aliphatic carbocycles. The number of carboxylic acid groups (broad SMARTS) is 1. The van der Waals surface area contributed by atoms with E-state index in [-0.39, 0.29) is 12.1 Å². The lowest BCUT2D eigenvalue weighted by Gasteiger charge is -2.17. The van der Waals surface area contributed by atoms with Crippen LogP contribution in [-0.2, 0) is 9.53 Å². The van der Waals surface area contributed by atoms with E-state index < -0.39 is 18.0 Å². The summed E-state index contributed by atoms with van der Waals surface area (Å²) in [5, 5.41) is 14.2. The first kappa shape index (κ1) is 14.8. The van der Waals surface area contributed by atoms with Crippen molar-refractivity contribution < 1.29 is 19.4 Å². The van der Waals surface area contributed by atoms with Gasteiger partial charge in [0.15, 0.2) is 0 Å². The summed E-state index contributed by atoms with van der Waals surface area (Å²) < 4.78 is 5.22. The van der Waals surface area contributed by atoms with Crippen LogP contribution < -0.4 is 10.6 Å². The van der Waals surface area contributed by atoms with E-state index in [9.17, 15) is 9.59 Å². The summed E-state index contributed by atoms with van der Waals surface area (Å²) in [6.07, 6.45) is 3.94. The van der Waals surface area contributed by atoms with Crippen molar-refractivity contribution >= 4 is 12.0 Å². The lowest BCUT2D eigenvalue weighted by atomic mass is 10.2. The highest BCUT2D eigenvalue weighted by molar-refractivity contribution is 5.82. The van der Waals surface area contributed by atoms with Crippen molar-refractivity contribution in [2.45, 2.75) is 57.2 Å². The molecule has 0 heterocycles. The van der Waals surface area contributed by atoms with Crippen molar-refractivity contribution in [3.05, 3.63) is 0 Å². The molecule has 3 atom stereocenters. The number of aliphatic carboxylic acids is 1. The lowest BCUT2D eigenvalue weighted by Crippen LogP contribution is -2.48. The second kappa shape index (κ2) is 7.20. The number of ether oxygens (including phenoxy) is 1. The van der Waals surface area contributed by atoms with E-state index in [1.807, 2.05) is 6.92 Å². The van der Waals surface area contributed by atoms with Gasteiger partial charge in [-0.1, -0.05) is 13.3 Å². The topological polar surface area (TPSA) is 87.7 Å². The Bertz CT molecular complexity index is 296. The van der Waals surface area contributed by atoms with E-state index in [1.54, 1.807) is 7.11 Å². The van der Waals surface area contributed by atoms with E-state index in [0.717, 1.165) is 19.3 Å². The molecule has 3 unspecified atom stereocenters. The smallest absolute Gasteiger partial charge is 0.326 e. The highest BCUT2D eigenvalue weighted by Gasteiger charge is 2.27. The van der Waals surface area contributed by atoms with Gasteiger partial charge in [-0.15, -0.1) is 0 Å². The Kier molecular flexibility index (Phi) is 5.91. The third-order valence-electron chi connectivity index (χ3n) is 3.23. The molecule has 1 rings (SSSR count). The van der Waals surface area contributed by atoms with Gasteiger partial charge in [0.25, 0.3) is 0 Å². The van der Waals surface area contributed by atoms with Gasteiger partial charge in [-0.3, -0.25) is 0 Å². The van der Waals surface area contributed by atoms with Gasteiger partial charge in [-0.2, -0.15) is 0 Å². The molecule has 6 heteroatoms. The highest BCUT2D eigenvalue weighted by atomic mass is 16.5. The maximum Gasteiger partial charge on any atom is 0.326 e. The number of carbonyl (C=O) groups is 2. The number of hydrogen-bond acceptors (Lipinski definition) is 3. The Morgan fingerprint density at radius 3 is 2.67 bits per heavy atom. The first-order valence-electron chi connectivity index (χ1n) is 6.39. The minimum absolute atomic E-state index is 0.0750. The fourth-order valence-corrected chi connectivity index (χ4v) is 2.22. The number of amides is 2. The molecule has 0 saturated heterocycles. The molecule has 1 fully saturated rings. The van der Waals surface area contributed by atoms with Crippen LogP contribution in [0.4, 0.5) is 4.79 Å². The molecule has 3 N–H and O–H groups in total. The molecule has 1 aliphatic rings. The SMILES string of the molecule is CCCC(NC(=O)NC1CCC(OC)C1)C(=O)O. The van der Waals surface area contributed by atoms with Gasteiger partial charge in [0.05, 0.1) is 6.10 Å². The molecule has 0 aromatic rings. The Morgan fingerprint density at radius 1 is 1.44 bits per heavy atom. The molecule has 1 saturated carbocycles. The summed E-state index contributed by atoms with van der Waals surface area (Å²) in [6.45, 7) is 1.88. The van der Waals surface area contributed by atoms with Crippen molar-refractivity contribution in [2.75, 3.05) is 7.11 Å². The molecule has 0 bridgehead atoms. The zero-order chi connectivity index (χ0) is 13.5. The van der Waals surface area contributed by atoms with Crippen LogP contribution in [-0.4, -0.2) is 42.4 Å². The van der Waals surface area contributed by atoms with Crippen LogP contribution in [0.15, 0.2) is 0 Å². The van der Waals surface area contributed by atoms with E-state index in [4.69, 9.17) is 9.84 Å². The predicted molar refractivity (Wildman–Crippen MR) is 66.4 cm³/mol. The second-order valence-electron chi connectivity index (χ2n) is 4.66. The number of rotatable bonds is 6. The van der Waals surface area contributed by atoms with Gasteiger partial charge in [0, 0.05) is 13.2 Å².